The fraction of sp³-hybridized carbons (Fsp3) is 0.562. The number of hydrogen-bond acceptors (Lipinski definition) is 3. The number of benzene rings is 1. The minimum atomic E-state index is 0. The van der Waals surface area contributed by atoms with Crippen molar-refractivity contribution >= 4 is 18.3 Å². The lowest BCUT2D eigenvalue weighted by atomic mass is 9.90. The van der Waals surface area contributed by atoms with Crippen LogP contribution in [0.5, 0.6) is 5.75 Å². The molecule has 1 aromatic carbocycles. The topological polar surface area (TPSA) is 55.6 Å². The fourth-order valence-electron chi connectivity index (χ4n) is 2.60. The van der Waals surface area contributed by atoms with Gasteiger partial charge in [0.2, 0.25) is 5.91 Å². The Kier molecular flexibility index (Phi) is 6.49. The molecule has 4 nitrogen and oxygen atoms in total. The zero-order chi connectivity index (χ0) is 14.6. The van der Waals surface area contributed by atoms with Crippen molar-refractivity contribution in [3.63, 3.8) is 0 Å². The normalized spacial score (nSPS) is 21.0. The second kappa shape index (κ2) is 7.66. The number of halogens is 1. The molecule has 118 valence electrons. The zero-order valence-corrected chi connectivity index (χ0v) is 13.6. The summed E-state index contributed by atoms with van der Waals surface area (Å²) in [5.41, 5.74) is 7.05. The summed E-state index contributed by atoms with van der Waals surface area (Å²) in [5, 5.41) is 0. The fourth-order valence-corrected chi connectivity index (χ4v) is 2.60. The molecule has 21 heavy (non-hydrogen) atoms. The summed E-state index contributed by atoms with van der Waals surface area (Å²) in [7, 11) is 1.65. The van der Waals surface area contributed by atoms with Gasteiger partial charge in [-0.25, -0.2) is 0 Å². The van der Waals surface area contributed by atoms with Crippen LogP contribution >= 0.6 is 12.4 Å². The van der Waals surface area contributed by atoms with E-state index in [1.165, 1.54) is 5.56 Å². The van der Waals surface area contributed by atoms with Crippen molar-refractivity contribution in [1.82, 2.24) is 4.90 Å². The summed E-state index contributed by atoms with van der Waals surface area (Å²) in [6.45, 7) is 4.44. The monoisotopic (exact) mass is 312 g/mol. The molecule has 1 aliphatic heterocycles. The van der Waals surface area contributed by atoms with Crippen LogP contribution in [0.25, 0.3) is 0 Å². The Morgan fingerprint density at radius 2 is 2.05 bits per heavy atom. The smallest absolute Gasteiger partial charge is 0.222 e. The third-order valence-electron chi connectivity index (χ3n) is 4.19. The number of nitrogens with zero attached hydrogens (tertiary/aromatic N) is 1. The highest BCUT2D eigenvalue weighted by atomic mass is 35.5. The van der Waals surface area contributed by atoms with Crippen molar-refractivity contribution in [2.75, 3.05) is 26.7 Å². The number of amides is 1. The molecule has 0 aromatic heterocycles. The third-order valence-corrected chi connectivity index (χ3v) is 4.19. The van der Waals surface area contributed by atoms with Gasteiger partial charge in [-0.3, -0.25) is 4.79 Å². The van der Waals surface area contributed by atoms with Crippen molar-refractivity contribution in [3.05, 3.63) is 29.8 Å². The molecule has 0 bridgehead atoms. The number of aryl methyl sites for hydroxylation is 1. The lowest BCUT2D eigenvalue weighted by Crippen LogP contribution is -2.34. The lowest BCUT2D eigenvalue weighted by Gasteiger charge is -2.22. The van der Waals surface area contributed by atoms with Crippen LogP contribution in [-0.4, -0.2) is 37.6 Å². The second-order valence-corrected chi connectivity index (χ2v) is 5.93. The average Bonchev–Trinajstić information content (AvgIpc) is 2.89. The van der Waals surface area contributed by atoms with Crippen LogP contribution in [0.15, 0.2) is 24.3 Å². The molecule has 1 aromatic rings. The Hall–Kier alpha value is -1.26. The quantitative estimate of drug-likeness (QED) is 0.907. The van der Waals surface area contributed by atoms with Gasteiger partial charge in [0, 0.05) is 19.5 Å². The van der Waals surface area contributed by atoms with Crippen LogP contribution in [0, 0.1) is 5.41 Å². The van der Waals surface area contributed by atoms with Crippen LogP contribution in [0.4, 0.5) is 0 Å². The summed E-state index contributed by atoms with van der Waals surface area (Å²) in [5.74, 6) is 1.08. The van der Waals surface area contributed by atoms with Gasteiger partial charge < -0.3 is 15.4 Å². The highest BCUT2D eigenvalue weighted by Crippen LogP contribution is 2.28. The van der Waals surface area contributed by atoms with Crippen LogP contribution in [0.3, 0.4) is 0 Å². The van der Waals surface area contributed by atoms with Crippen LogP contribution < -0.4 is 10.5 Å². The molecule has 1 amide bonds. The van der Waals surface area contributed by atoms with Crippen molar-refractivity contribution in [1.29, 1.82) is 0 Å². The molecule has 5 heteroatoms. The first-order valence-corrected chi connectivity index (χ1v) is 7.17. The van der Waals surface area contributed by atoms with Crippen LogP contribution in [0.1, 0.15) is 25.3 Å². The molecular formula is C16H25ClN2O2. The summed E-state index contributed by atoms with van der Waals surface area (Å²) in [4.78, 5) is 14.2. The Morgan fingerprint density at radius 3 is 2.57 bits per heavy atom. The molecule has 2 N–H and O–H groups in total. The number of rotatable bonds is 5. The molecule has 0 saturated carbocycles. The Labute approximate surface area is 133 Å². The molecule has 1 aliphatic rings. The maximum Gasteiger partial charge on any atom is 0.222 e. The number of nitrogens with two attached hydrogens (primary N) is 1. The first-order chi connectivity index (χ1) is 9.56. The van der Waals surface area contributed by atoms with E-state index in [-0.39, 0.29) is 23.7 Å². The molecule has 1 unspecified atom stereocenters. The van der Waals surface area contributed by atoms with Gasteiger partial charge in [0.25, 0.3) is 0 Å². The number of carbonyl (C=O) groups is 1. The number of carbonyl (C=O) groups excluding carboxylic acids is 1. The summed E-state index contributed by atoms with van der Waals surface area (Å²) in [6.07, 6.45) is 2.35. The molecular weight excluding hydrogens is 288 g/mol. The van der Waals surface area contributed by atoms with Gasteiger partial charge in [-0.15, -0.1) is 12.4 Å². The van der Waals surface area contributed by atoms with Crippen LogP contribution in [-0.2, 0) is 11.2 Å². The number of ether oxygens (including phenoxy) is 1. The molecule has 1 fully saturated rings. The van der Waals surface area contributed by atoms with Crippen molar-refractivity contribution in [2.24, 2.45) is 11.1 Å². The molecule has 1 heterocycles. The SMILES string of the molecule is COc1ccc(CCC(=O)N2CCC(C)(CN)C2)cc1.Cl. The first kappa shape index (κ1) is 17.8. The highest BCUT2D eigenvalue weighted by molar-refractivity contribution is 5.85. The van der Waals surface area contributed by atoms with E-state index in [9.17, 15) is 4.79 Å². The predicted octanol–water partition coefficient (Wildman–Crippen LogP) is 2.25. The maximum atomic E-state index is 12.2. The van der Waals surface area contributed by atoms with E-state index in [0.717, 1.165) is 31.7 Å². The number of hydrogen-bond donors (Lipinski definition) is 1. The standard InChI is InChI=1S/C16H24N2O2.ClH/c1-16(11-17)9-10-18(12-16)15(19)8-5-13-3-6-14(20-2)7-4-13;/h3-4,6-7H,5,8-12,17H2,1-2H3;1H. The number of methoxy groups -OCH3 is 1. The van der Waals surface area contributed by atoms with Gasteiger partial charge in [-0.05, 0) is 42.5 Å². The first-order valence-electron chi connectivity index (χ1n) is 7.17. The third kappa shape index (κ3) is 4.61. The molecule has 2 rings (SSSR count). The Morgan fingerprint density at radius 1 is 1.38 bits per heavy atom. The van der Waals surface area contributed by atoms with E-state index in [1.54, 1.807) is 7.11 Å². The van der Waals surface area contributed by atoms with Gasteiger partial charge >= 0.3 is 0 Å². The Balaban J connectivity index is 0.00000220. The van der Waals surface area contributed by atoms with Crippen molar-refractivity contribution in [3.8, 4) is 5.75 Å². The van der Waals surface area contributed by atoms with Gasteiger partial charge in [0.05, 0.1) is 7.11 Å². The minimum Gasteiger partial charge on any atom is -0.497 e. The summed E-state index contributed by atoms with van der Waals surface area (Å²) >= 11 is 0. The largest absolute Gasteiger partial charge is 0.497 e. The number of likely N-dealkylation sites (tertiary alicyclic amines) is 1. The van der Waals surface area contributed by atoms with Gasteiger partial charge in [-0.1, -0.05) is 19.1 Å². The molecule has 1 saturated heterocycles. The van der Waals surface area contributed by atoms with E-state index in [2.05, 4.69) is 6.92 Å². The van der Waals surface area contributed by atoms with Gasteiger partial charge in [0.1, 0.15) is 5.75 Å². The highest BCUT2D eigenvalue weighted by Gasteiger charge is 2.34. The molecule has 0 aliphatic carbocycles. The predicted molar refractivity (Wildman–Crippen MR) is 86.9 cm³/mol. The van der Waals surface area contributed by atoms with Crippen molar-refractivity contribution in [2.45, 2.75) is 26.2 Å². The van der Waals surface area contributed by atoms with E-state index >= 15 is 0 Å². The molecule has 1 atom stereocenters. The second-order valence-electron chi connectivity index (χ2n) is 5.93. The van der Waals surface area contributed by atoms with Gasteiger partial charge in [0.15, 0.2) is 0 Å². The minimum absolute atomic E-state index is 0. The lowest BCUT2D eigenvalue weighted by molar-refractivity contribution is -0.130. The van der Waals surface area contributed by atoms with E-state index in [1.807, 2.05) is 29.2 Å². The Bertz CT molecular complexity index is 464. The summed E-state index contributed by atoms with van der Waals surface area (Å²) < 4.78 is 5.12. The van der Waals surface area contributed by atoms with Gasteiger partial charge in [-0.2, -0.15) is 0 Å². The average molecular weight is 313 g/mol. The van der Waals surface area contributed by atoms with Crippen molar-refractivity contribution < 1.29 is 9.53 Å². The van der Waals surface area contributed by atoms with E-state index in [0.29, 0.717) is 13.0 Å². The van der Waals surface area contributed by atoms with Crippen LogP contribution in [0.2, 0.25) is 0 Å². The summed E-state index contributed by atoms with van der Waals surface area (Å²) in [6, 6.07) is 7.89. The van der Waals surface area contributed by atoms with E-state index in [4.69, 9.17) is 10.5 Å². The maximum absolute atomic E-state index is 12.2. The molecule has 0 spiro atoms. The molecule has 0 radical (unpaired) electrons. The zero-order valence-electron chi connectivity index (χ0n) is 12.8. The van der Waals surface area contributed by atoms with E-state index < -0.39 is 0 Å².